The fraction of sp³-hybridized carbons (Fsp3) is 0.200. The number of terminal acetylenes is 2. The zero-order valence-corrected chi connectivity index (χ0v) is 22.3. The Labute approximate surface area is 230 Å². The van der Waals surface area contributed by atoms with Crippen LogP contribution < -0.4 is 19.3 Å². The Hall–Kier alpha value is -4.80. The Balaban J connectivity index is 1.25. The molecule has 2 aliphatic heterocycles. The molecule has 0 spiro atoms. The standard InChI is InChI=1S/C35H30N2O2/c1-5-25-7-13-31(14-8-25)36-21-27-19-29(11-17-33(27)38-23-36)35(3,4)30-12-18-34-28(20-30)22-37(24-39-34)32-15-9-26(6-2)10-16-32/h1-2,7-20H,21-24H2,3-4H3. The first kappa shape index (κ1) is 24.5. The van der Waals surface area contributed by atoms with Gasteiger partial charge in [0.2, 0.25) is 0 Å². The summed E-state index contributed by atoms with van der Waals surface area (Å²) in [6.45, 7) is 7.13. The lowest BCUT2D eigenvalue weighted by molar-refractivity contribution is 0.288. The van der Waals surface area contributed by atoms with E-state index in [0.717, 1.165) is 47.1 Å². The molecule has 0 amide bonds. The summed E-state index contributed by atoms with van der Waals surface area (Å²) in [4.78, 5) is 4.45. The third-order valence-corrected chi connectivity index (χ3v) is 7.84. The van der Waals surface area contributed by atoms with E-state index in [1.165, 1.54) is 22.3 Å². The third kappa shape index (κ3) is 4.67. The summed E-state index contributed by atoms with van der Waals surface area (Å²) in [5, 5.41) is 0. The summed E-state index contributed by atoms with van der Waals surface area (Å²) in [6.07, 6.45) is 11.0. The highest BCUT2D eigenvalue weighted by atomic mass is 16.5. The van der Waals surface area contributed by atoms with Gasteiger partial charge in [-0.1, -0.05) is 37.8 Å². The second-order valence-electron chi connectivity index (χ2n) is 10.6. The number of hydrogen-bond donors (Lipinski definition) is 0. The monoisotopic (exact) mass is 510 g/mol. The van der Waals surface area contributed by atoms with Crippen molar-refractivity contribution >= 4 is 11.4 Å². The molecule has 0 aromatic heterocycles. The average molecular weight is 511 g/mol. The van der Waals surface area contributed by atoms with Gasteiger partial charge in [-0.15, -0.1) is 12.8 Å². The van der Waals surface area contributed by atoms with Gasteiger partial charge in [0.05, 0.1) is 0 Å². The Bertz CT molecular complexity index is 1480. The van der Waals surface area contributed by atoms with E-state index >= 15 is 0 Å². The summed E-state index contributed by atoms with van der Waals surface area (Å²) < 4.78 is 12.2. The van der Waals surface area contributed by atoms with Crippen molar-refractivity contribution in [2.75, 3.05) is 23.3 Å². The number of benzene rings is 4. The predicted molar refractivity (Wildman–Crippen MR) is 157 cm³/mol. The van der Waals surface area contributed by atoms with Crippen LogP contribution in [0.25, 0.3) is 0 Å². The van der Waals surface area contributed by atoms with Gasteiger partial charge in [0, 0.05) is 52.1 Å². The van der Waals surface area contributed by atoms with Crippen molar-refractivity contribution in [2.45, 2.75) is 32.4 Å². The van der Waals surface area contributed by atoms with Crippen LogP contribution in [0.4, 0.5) is 11.4 Å². The van der Waals surface area contributed by atoms with Gasteiger partial charge in [-0.05, 0) is 83.9 Å². The maximum Gasteiger partial charge on any atom is 0.161 e. The molecule has 0 fully saturated rings. The molecule has 0 unspecified atom stereocenters. The van der Waals surface area contributed by atoms with Crippen LogP contribution in [0.15, 0.2) is 84.9 Å². The van der Waals surface area contributed by atoms with E-state index in [1.807, 2.05) is 24.3 Å². The summed E-state index contributed by atoms with van der Waals surface area (Å²) in [5.41, 5.74) is 8.57. The van der Waals surface area contributed by atoms with Crippen LogP contribution in [0.2, 0.25) is 0 Å². The zero-order valence-electron chi connectivity index (χ0n) is 22.3. The van der Waals surface area contributed by atoms with E-state index in [0.29, 0.717) is 13.5 Å². The second-order valence-corrected chi connectivity index (χ2v) is 10.6. The quantitative estimate of drug-likeness (QED) is 0.286. The summed E-state index contributed by atoms with van der Waals surface area (Å²) in [6, 6.07) is 29.3. The van der Waals surface area contributed by atoms with Gasteiger partial charge in [0.15, 0.2) is 13.5 Å². The van der Waals surface area contributed by atoms with E-state index in [4.69, 9.17) is 22.3 Å². The van der Waals surface area contributed by atoms with E-state index in [9.17, 15) is 0 Å². The molecule has 4 nitrogen and oxygen atoms in total. The molecule has 4 aromatic carbocycles. The third-order valence-electron chi connectivity index (χ3n) is 7.84. The highest BCUT2D eigenvalue weighted by molar-refractivity contribution is 5.56. The number of nitrogens with zero attached hydrogens (tertiary/aromatic N) is 2. The fourth-order valence-electron chi connectivity index (χ4n) is 5.30. The summed E-state index contributed by atoms with van der Waals surface area (Å²) in [7, 11) is 0. The lowest BCUT2D eigenvalue weighted by atomic mass is 9.77. The molecule has 4 heteroatoms. The van der Waals surface area contributed by atoms with Crippen LogP contribution in [0.1, 0.15) is 47.2 Å². The SMILES string of the molecule is C#Cc1ccc(N2COc3ccc(C(C)(C)c4ccc5c(c4)CN(c4ccc(C#C)cc4)CO5)cc3C2)cc1. The van der Waals surface area contributed by atoms with Crippen LogP contribution in [0.3, 0.4) is 0 Å². The molecule has 0 aliphatic carbocycles. The second kappa shape index (κ2) is 9.82. The van der Waals surface area contributed by atoms with Crippen molar-refractivity contribution in [3.63, 3.8) is 0 Å². The van der Waals surface area contributed by atoms with E-state index < -0.39 is 0 Å². The maximum atomic E-state index is 6.12. The minimum absolute atomic E-state index is 0.211. The molecule has 0 radical (unpaired) electrons. The Morgan fingerprint density at radius 3 is 1.41 bits per heavy atom. The summed E-state index contributed by atoms with van der Waals surface area (Å²) >= 11 is 0. The van der Waals surface area contributed by atoms with Crippen molar-refractivity contribution in [1.82, 2.24) is 0 Å². The Morgan fingerprint density at radius 1 is 0.615 bits per heavy atom. The molecule has 39 heavy (non-hydrogen) atoms. The lowest BCUT2D eigenvalue weighted by Gasteiger charge is -2.34. The van der Waals surface area contributed by atoms with Crippen LogP contribution in [0, 0.1) is 24.7 Å². The highest BCUT2D eigenvalue weighted by Gasteiger charge is 2.28. The fourth-order valence-corrected chi connectivity index (χ4v) is 5.30. The number of anilines is 2. The van der Waals surface area contributed by atoms with E-state index in [-0.39, 0.29) is 5.41 Å². The molecule has 0 saturated heterocycles. The van der Waals surface area contributed by atoms with Crippen molar-refractivity contribution in [2.24, 2.45) is 0 Å². The Morgan fingerprint density at radius 2 is 1.03 bits per heavy atom. The molecule has 4 aromatic rings. The average Bonchev–Trinajstić information content (AvgIpc) is 3.00. The molecule has 2 heterocycles. The number of hydrogen-bond acceptors (Lipinski definition) is 4. The van der Waals surface area contributed by atoms with Gasteiger partial charge in [-0.3, -0.25) is 0 Å². The Kier molecular flexibility index (Phi) is 6.18. The molecule has 2 aliphatic rings. The number of ether oxygens (including phenoxy) is 2. The molecule has 6 rings (SSSR count). The predicted octanol–water partition coefficient (Wildman–Crippen LogP) is 6.69. The first-order valence-electron chi connectivity index (χ1n) is 13.1. The molecule has 0 N–H and O–H groups in total. The summed E-state index contributed by atoms with van der Waals surface area (Å²) in [5.74, 6) is 7.24. The molecule has 0 atom stereocenters. The van der Waals surface area contributed by atoms with E-state index in [2.05, 4.69) is 96.2 Å². The van der Waals surface area contributed by atoms with E-state index in [1.54, 1.807) is 0 Å². The van der Waals surface area contributed by atoms with Crippen molar-refractivity contribution in [1.29, 1.82) is 0 Å². The van der Waals surface area contributed by atoms with Gasteiger partial charge in [-0.2, -0.15) is 0 Å². The molecule has 0 bridgehead atoms. The molecular formula is C35H30N2O2. The van der Waals surface area contributed by atoms with Gasteiger partial charge in [-0.25, -0.2) is 0 Å². The highest BCUT2D eigenvalue weighted by Crippen LogP contribution is 2.39. The van der Waals surface area contributed by atoms with Crippen LogP contribution in [-0.2, 0) is 18.5 Å². The smallest absolute Gasteiger partial charge is 0.161 e. The topological polar surface area (TPSA) is 24.9 Å². The first-order chi connectivity index (χ1) is 18.9. The maximum absolute atomic E-state index is 6.12. The van der Waals surface area contributed by atoms with Crippen LogP contribution in [0.5, 0.6) is 11.5 Å². The molecule has 0 saturated carbocycles. The van der Waals surface area contributed by atoms with Crippen molar-refractivity contribution in [3.8, 4) is 36.2 Å². The zero-order chi connectivity index (χ0) is 27.0. The first-order valence-corrected chi connectivity index (χ1v) is 13.1. The minimum atomic E-state index is -0.211. The number of rotatable bonds is 4. The van der Waals surface area contributed by atoms with Gasteiger partial charge in [0.1, 0.15) is 11.5 Å². The van der Waals surface area contributed by atoms with Crippen LogP contribution >= 0.6 is 0 Å². The van der Waals surface area contributed by atoms with Crippen molar-refractivity contribution < 1.29 is 9.47 Å². The minimum Gasteiger partial charge on any atom is -0.473 e. The normalized spacial score (nSPS) is 14.3. The molecule has 192 valence electrons. The van der Waals surface area contributed by atoms with Gasteiger partial charge >= 0.3 is 0 Å². The van der Waals surface area contributed by atoms with Crippen LogP contribution in [-0.4, -0.2) is 13.5 Å². The largest absolute Gasteiger partial charge is 0.473 e. The van der Waals surface area contributed by atoms with Gasteiger partial charge < -0.3 is 19.3 Å². The lowest BCUT2D eigenvalue weighted by Crippen LogP contribution is -2.33. The van der Waals surface area contributed by atoms with Gasteiger partial charge in [0.25, 0.3) is 0 Å². The van der Waals surface area contributed by atoms with Crippen molar-refractivity contribution in [3.05, 3.63) is 118 Å². The molecular weight excluding hydrogens is 480 g/mol. The number of fused-ring (bicyclic) bond motifs is 2.